The molecule has 0 unspecified atom stereocenters. The summed E-state index contributed by atoms with van der Waals surface area (Å²) in [6.07, 6.45) is 0. The van der Waals surface area contributed by atoms with Gasteiger partial charge in [0.25, 0.3) is 0 Å². The van der Waals surface area contributed by atoms with Crippen molar-refractivity contribution in [2.24, 2.45) is 0 Å². The van der Waals surface area contributed by atoms with Crippen LogP contribution >= 0.6 is 27.5 Å². The summed E-state index contributed by atoms with van der Waals surface area (Å²) in [5, 5.41) is 10.2. The lowest BCUT2D eigenvalue weighted by molar-refractivity contribution is 1.26. The monoisotopic (exact) mass is 397 g/mol. The Hall–Kier alpha value is -2.35. The van der Waals surface area contributed by atoms with Crippen LogP contribution in [-0.4, -0.2) is 4.98 Å². The highest BCUT2D eigenvalue weighted by atomic mass is 79.9. The van der Waals surface area contributed by atoms with Crippen LogP contribution in [0.1, 0.15) is 11.1 Å². The maximum atomic E-state index is 9.54. The van der Waals surface area contributed by atoms with E-state index in [9.17, 15) is 5.26 Å². The first-order chi connectivity index (χ1) is 11.5. The highest BCUT2D eigenvalue weighted by Gasteiger charge is 2.18. The van der Waals surface area contributed by atoms with Crippen molar-refractivity contribution in [2.45, 2.75) is 6.92 Å². The second-order valence-corrected chi connectivity index (χ2v) is 6.70. The summed E-state index contributed by atoms with van der Waals surface area (Å²) in [4.78, 5) is 4.46. The van der Waals surface area contributed by atoms with E-state index in [2.05, 4.69) is 27.0 Å². The fourth-order valence-corrected chi connectivity index (χ4v) is 3.16. The highest BCUT2D eigenvalue weighted by molar-refractivity contribution is 9.10. The molecule has 24 heavy (non-hydrogen) atoms. The summed E-state index contributed by atoms with van der Waals surface area (Å²) >= 11 is 9.55. The predicted molar refractivity (Wildman–Crippen MR) is 102 cm³/mol. The van der Waals surface area contributed by atoms with E-state index < -0.39 is 0 Å². The zero-order valence-corrected chi connectivity index (χ0v) is 15.2. The molecule has 3 aromatic rings. The van der Waals surface area contributed by atoms with Crippen LogP contribution in [0.5, 0.6) is 0 Å². The van der Waals surface area contributed by atoms with Crippen LogP contribution in [-0.2, 0) is 0 Å². The van der Waals surface area contributed by atoms with E-state index in [1.165, 1.54) is 0 Å². The maximum absolute atomic E-state index is 9.54. The molecule has 0 amide bonds. The first-order valence-corrected chi connectivity index (χ1v) is 8.40. The molecule has 5 heteroatoms. The molecule has 0 bridgehead atoms. The number of nitrogen functional groups attached to an aromatic ring is 1. The number of aromatic nitrogens is 1. The Bertz CT molecular complexity index is 960. The Morgan fingerprint density at radius 2 is 1.83 bits per heavy atom. The van der Waals surface area contributed by atoms with Crippen molar-refractivity contribution in [2.75, 3.05) is 5.73 Å². The second-order valence-electron chi connectivity index (χ2n) is 5.35. The van der Waals surface area contributed by atoms with Crippen LogP contribution in [0, 0.1) is 18.3 Å². The van der Waals surface area contributed by atoms with E-state index in [1.54, 1.807) is 6.07 Å². The summed E-state index contributed by atoms with van der Waals surface area (Å²) in [7, 11) is 0. The number of nitrogens with zero attached hydrogens (tertiary/aromatic N) is 2. The summed E-state index contributed by atoms with van der Waals surface area (Å²) in [6.45, 7) is 1.95. The highest BCUT2D eigenvalue weighted by Crippen LogP contribution is 2.36. The van der Waals surface area contributed by atoms with Crippen LogP contribution in [0.4, 0.5) is 5.82 Å². The largest absolute Gasteiger partial charge is 0.383 e. The first kappa shape index (κ1) is 16.5. The molecule has 1 heterocycles. The second kappa shape index (κ2) is 6.64. The standard InChI is InChI=1S/C19H13BrClN3/c1-11-17(13-3-2-4-15(21)9-13)16(10-22)19(23)24-18(11)12-5-7-14(20)8-6-12/h2-9H,1H3,(H2,23,24). The minimum absolute atomic E-state index is 0.219. The summed E-state index contributed by atoms with van der Waals surface area (Å²) < 4.78 is 0.987. The van der Waals surface area contributed by atoms with Gasteiger partial charge in [0, 0.05) is 20.6 Å². The molecule has 0 radical (unpaired) electrons. The zero-order valence-electron chi connectivity index (χ0n) is 12.8. The van der Waals surface area contributed by atoms with E-state index >= 15 is 0 Å². The lowest BCUT2D eigenvalue weighted by Crippen LogP contribution is -2.03. The van der Waals surface area contributed by atoms with Gasteiger partial charge in [-0.25, -0.2) is 4.98 Å². The Labute approximate surface area is 153 Å². The van der Waals surface area contributed by atoms with Gasteiger partial charge >= 0.3 is 0 Å². The molecule has 0 spiro atoms. The lowest BCUT2D eigenvalue weighted by Gasteiger charge is -2.15. The van der Waals surface area contributed by atoms with Crippen LogP contribution in [0.2, 0.25) is 5.02 Å². The van der Waals surface area contributed by atoms with E-state index in [4.69, 9.17) is 17.3 Å². The number of nitrogens with two attached hydrogens (primary N) is 1. The van der Waals surface area contributed by atoms with E-state index in [0.717, 1.165) is 32.4 Å². The third-order valence-corrected chi connectivity index (χ3v) is 4.58. The molecule has 0 atom stereocenters. The molecule has 2 N–H and O–H groups in total. The molecule has 0 saturated carbocycles. The summed E-state index contributed by atoms with van der Waals surface area (Å²) in [6, 6.07) is 17.4. The van der Waals surface area contributed by atoms with Crippen molar-refractivity contribution in [3.63, 3.8) is 0 Å². The molecule has 0 saturated heterocycles. The molecular weight excluding hydrogens is 386 g/mol. The fraction of sp³-hybridized carbons (Fsp3) is 0.0526. The topological polar surface area (TPSA) is 62.7 Å². The quantitative estimate of drug-likeness (QED) is 0.611. The van der Waals surface area contributed by atoms with Gasteiger partial charge < -0.3 is 5.73 Å². The van der Waals surface area contributed by atoms with Gasteiger partial charge in [-0.15, -0.1) is 0 Å². The van der Waals surface area contributed by atoms with Gasteiger partial charge in [0.1, 0.15) is 17.5 Å². The Balaban J connectivity index is 2.32. The van der Waals surface area contributed by atoms with Crippen molar-refractivity contribution in [3.8, 4) is 28.5 Å². The molecule has 0 aliphatic heterocycles. The maximum Gasteiger partial charge on any atom is 0.142 e. The number of pyridine rings is 1. The van der Waals surface area contributed by atoms with Gasteiger partial charge in [-0.2, -0.15) is 5.26 Å². The van der Waals surface area contributed by atoms with Crippen LogP contribution in [0.25, 0.3) is 22.4 Å². The Morgan fingerprint density at radius 3 is 2.46 bits per heavy atom. The summed E-state index contributed by atoms with van der Waals surface area (Å²) in [5.74, 6) is 0.219. The average molecular weight is 399 g/mol. The zero-order chi connectivity index (χ0) is 17.3. The number of anilines is 1. The van der Waals surface area contributed by atoms with Gasteiger partial charge in [0.15, 0.2) is 0 Å². The Morgan fingerprint density at radius 1 is 1.12 bits per heavy atom. The number of nitriles is 1. The molecule has 1 aromatic heterocycles. The van der Waals surface area contributed by atoms with Gasteiger partial charge in [-0.05, 0) is 42.3 Å². The summed E-state index contributed by atoms with van der Waals surface area (Å²) in [5.41, 5.74) is 10.7. The van der Waals surface area contributed by atoms with Crippen molar-refractivity contribution < 1.29 is 0 Å². The third kappa shape index (κ3) is 3.01. The van der Waals surface area contributed by atoms with Gasteiger partial charge in [0.05, 0.1) is 5.69 Å². The SMILES string of the molecule is Cc1c(-c2ccc(Br)cc2)nc(N)c(C#N)c1-c1cccc(Cl)c1. The predicted octanol–water partition coefficient (Wildman–Crippen LogP) is 5.59. The van der Waals surface area contributed by atoms with Gasteiger partial charge in [0.2, 0.25) is 0 Å². The lowest BCUT2D eigenvalue weighted by atomic mass is 9.93. The van der Waals surface area contributed by atoms with E-state index in [-0.39, 0.29) is 5.82 Å². The van der Waals surface area contributed by atoms with Gasteiger partial charge in [-0.1, -0.05) is 51.8 Å². The minimum Gasteiger partial charge on any atom is -0.383 e. The number of benzene rings is 2. The average Bonchev–Trinajstić information content (AvgIpc) is 2.57. The molecule has 0 fully saturated rings. The number of hydrogen-bond donors (Lipinski definition) is 1. The van der Waals surface area contributed by atoms with Gasteiger partial charge in [-0.3, -0.25) is 0 Å². The molecule has 3 rings (SSSR count). The molecule has 0 aliphatic rings. The third-order valence-electron chi connectivity index (χ3n) is 3.81. The molecular formula is C19H13BrClN3. The van der Waals surface area contributed by atoms with Crippen LogP contribution in [0.15, 0.2) is 53.0 Å². The first-order valence-electron chi connectivity index (χ1n) is 7.23. The van der Waals surface area contributed by atoms with E-state index in [1.807, 2.05) is 49.4 Å². The van der Waals surface area contributed by atoms with Crippen LogP contribution < -0.4 is 5.73 Å². The normalized spacial score (nSPS) is 10.4. The fourth-order valence-electron chi connectivity index (χ4n) is 2.70. The smallest absolute Gasteiger partial charge is 0.142 e. The van der Waals surface area contributed by atoms with Crippen molar-refractivity contribution in [1.29, 1.82) is 5.26 Å². The van der Waals surface area contributed by atoms with Crippen LogP contribution in [0.3, 0.4) is 0 Å². The number of halogens is 2. The number of rotatable bonds is 2. The van der Waals surface area contributed by atoms with Crippen molar-refractivity contribution >= 4 is 33.3 Å². The van der Waals surface area contributed by atoms with Crippen molar-refractivity contribution in [3.05, 3.63) is 69.2 Å². The number of hydrogen-bond acceptors (Lipinski definition) is 3. The molecule has 118 valence electrons. The molecule has 2 aromatic carbocycles. The molecule has 0 aliphatic carbocycles. The van der Waals surface area contributed by atoms with Crippen molar-refractivity contribution in [1.82, 2.24) is 4.98 Å². The van der Waals surface area contributed by atoms with E-state index in [0.29, 0.717) is 10.6 Å². The minimum atomic E-state index is 0.219. The molecule has 3 nitrogen and oxygen atoms in total. The Kier molecular flexibility index (Phi) is 4.57.